The van der Waals surface area contributed by atoms with Crippen LogP contribution in [0.5, 0.6) is 0 Å². The van der Waals surface area contributed by atoms with Crippen molar-refractivity contribution in [3.05, 3.63) is 95.0 Å². The summed E-state index contributed by atoms with van der Waals surface area (Å²) in [7, 11) is 0. The van der Waals surface area contributed by atoms with Gasteiger partial charge < -0.3 is 0 Å². The van der Waals surface area contributed by atoms with Gasteiger partial charge in [-0.05, 0) is 35.4 Å². The lowest BCUT2D eigenvalue weighted by Crippen LogP contribution is -1.90. The molecule has 25 heavy (non-hydrogen) atoms. The fourth-order valence-electron chi connectivity index (χ4n) is 2.94. The van der Waals surface area contributed by atoms with Gasteiger partial charge in [-0.1, -0.05) is 48.5 Å². The third kappa shape index (κ3) is 2.85. The second kappa shape index (κ2) is 6.17. The maximum Gasteiger partial charge on any atom is 0.269 e. The molecule has 0 atom stereocenters. The first-order chi connectivity index (χ1) is 12.2. The van der Waals surface area contributed by atoms with Crippen LogP contribution in [0.4, 0.5) is 5.69 Å². The lowest BCUT2D eigenvalue weighted by Gasteiger charge is -2.08. The molecule has 3 aromatic carbocycles. The van der Waals surface area contributed by atoms with Gasteiger partial charge >= 0.3 is 0 Å². The van der Waals surface area contributed by atoms with Gasteiger partial charge in [0.1, 0.15) is 0 Å². The van der Waals surface area contributed by atoms with E-state index in [0.717, 1.165) is 33.3 Å². The summed E-state index contributed by atoms with van der Waals surface area (Å²) in [6.45, 7) is 0. The highest BCUT2D eigenvalue weighted by molar-refractivity contribution is 5.95. The number of hydrogen-bond donors (Lipinski definition) is 0. The zero-order valence-corrected chi connectivity index (χ0v) is 13.3. The molecular formula is C21H14N2O2. The highest BCUT2D eigenvalue weighted by Crippen LogP contribution is 2.30. The van der Waals surface area contributed by atoms with E-state index in [2.05, 4.69) is 24.3 Å². The molecule has 0 unspecified atom stereocenters. The van der Waals surface area contributed by atoms with Gasteiger partial charge in [0.05, 0.1) is 16.1 Å². The molecule has 0 fully saturated rings. The first-order valence-electron chi connectivity index (χ1n) is 7.92. The fourth-order valence-corrected chi connectivity index (χ4v) is 2.94. The van der Waals surface area contributed by atoms with Gasteiger partial charge in [-0.2, -0.15) is 0 Å². The van der Waals surface area contributed by atoms with Crippen LogP contribution in [0.25, 0.3) is 33.3 Å². The van der Waals surface area contributed by atoms with Crippen molar-refractivity contribution in [1.82, 2.24) is 4.98 Å². The third-order valence-corrected chi connectivity index (χ3v) is 4.19. The largest absolute Gasteiger partial charge is 0.269 e. The van der Waals surface area contributed by atoms with Crippen molar-refractivity contribution >= 4 is 16.6 Å². The molecule has 0 aliphatic rings. The number of aromatic nitrogens is 1. The lowest BCUT2D eigenvalue weighted by molar-refractivity contribution is -0.384. The van der Waals surface area contributed by atoms with E-state index in [1.165, 1.54) is 12.1 Å². The number of nitro groups is 1. The molecule has 0 amide bonds. The minimum atomic E-state index is -0.399. The molecule has 4 nitrogen and oxygen atoms in total. The monoisotopic (exact) mass is 326 g/mol. The maximum absolute atomic E-state index is 10.8. The van der Waals surface area contributed by atoms with E-state index in [1.54, 1.807) is 12.1 Å². The first-order valence-corrected chi connectivity index (χ1v) is 7.92. The zero-order valence-electron chi connectivity index (χ0n) is 13.3. The Morgan fingerprint density at radius 3 is 2.20 bits per heavy atom. The summed E-state index contributed by atoms with van der Waals surface area (Å²) in [4.78, 5) is 15.1. The molecule has 4 rings (SSSR count). The molecule has 4 heteroatoms. The summed E-state index contributed by atoms with van der Waals surface area (Å²) in [5.74, 6) is 0. The van der Waals surface area contributed by atoms with Crippen molar-refractivity contribution in [1.29, 1.82) is 0 Å². The molecule has 0 saturated heterocycles. The Labute approximate surface area is 144 Å². The van der Waals surface area contributed by atoms with E-state index < -0.39 is 4.92 Å². The molecule has 120 valence electrons. The van der Waals surface area contributed by atoms with E-state index in [9.17, 15) is 10.1 Å². The van der Waals surface area contributed by atoms with E-state index >= 15 is 0 Å². The van der Waals surface area contributed by atoms with Crippen molar-refractivity contribution in [2.24, 2.45) is 0 Å². The molecular weight excluding hydrogens is 312 g/mol. The molecule has 0 bridgehead atoms. The molecule has 1 aromatic heterocycles. The fraction of sp³-hybridized carbons (Fsp3) is 0. The Bertz CT molecular complexity index is 1060. The summed E-state index contributed by atoms with van der Waals surface area (Å²) in [6.07, 6.45) is 0. The predicted octanol–water partition coefficient (Wildman–Crippen LogP) is 5.48. The Morgan fingerprint density at radius 1 is 0.720 bits per heavy atom. The Hall–Kier alpha value is -3.53. The van der Waals surface area contributed by atoms with Crippen molar-refractivity contribution in [2.45, 2.75) is 0 Å². The van der Waals surface area contributed by atoms with E-state index in [-0.39, 0.29) is 5.69 Å². The van der Waals surface area contributed by atoms with Gasteiger partial charge in [-0.3, -0.25) is 10.1 Å². The van der Waals surface area contributed by atoms with Crippen LogP contribution in [0.1, 0.15) is 0 Å². The van der Waals surface area contributed by atoms with Crippen molar-refractivity contribution < 1.29 is 4.92 Å². The summed E-state index contributed by atoms with van der Waals surface area (Å²) in [5, 5.41) is 11.9. The highest BCUT2D eigenvalue weighted by Gasteiger charge is 2.08. The summed E-state index contributed by atoms with van der Waals surface area (Å²) < 4.78 is 0. The second-order valence-corrected chi connectivity index (χ2v) is 5.74. The molecule has 0 saturated carbocycles. The summed E-state index contributed by atoms with van der Waals surface area (Å²) in [5.41, 5.74) is 4.93. The van der Waals surface area contributed by atoms with Gasteiger partial charge in [-0.25, -0.2) is 4.98 Å². The highest BCUT2D eigenvalue weighted by atomic mass is 16.6. The molecule has 1 heterocycles. The summed E-state index contributed by atoms with van der Waals surface area (Å²) >= 11 is 0. The van der Waals surface area contributed by atoms with Crippen LogP contribution in [0, 0.1) is 10.1 Å². The Kier molecular flexibility index (Phi) is 3.71. The Balaban J connectivity index is 1.80. The normalized spacial score (nSPS) is 10.7. The van der Waals surface area contributed by atoms with Gasteiger partial charge in [0.15, 0.2) is 0 Å². The number of nitrogens with zero attached hydrogens (tertiary/aromatic N) is 2. The SMILES string of the molecule is O=[N+]([O-])c1ccc(-c2ccc3c(-c4ccccc4)cccc3n2)cc1. The average Bonchev–Trinajstić information content (AvgIpc) is 2.68. The third-order valence-electron chi connectivity index (χ3n) is 4.19. The van der Waals surface area contributed by atoms with Crippen LogP contribution in [-0.4, -0.2) is 9.91 Å². The lowest BCUT2D eigenvalue weighted by atomic mass is 10.00. The number of rotatable bonds is 3. The molecule has 0 radical (unpaired) electrons. The summed E-state index contributed by atoms with van der Waals surface area (Å²) in [6, 6.07) is 26.7. The number of hydrogen-bond acceptors (Lipinski definition) is 3. The minimum absolute atomic E-state index is 0.0795. The molecule has 4 aromatic rings. The van der Waals surface area contributed by atoms with Crippen LogP contribution in [-0.2, 0) is 0 Å². The Morgan fingerprint density at radius 2 is 1.48 bits per heavy atom. The number of non-ortho nitro benzene ring substituents is 1. The van der Waals surface area contributed by atoms with E-state index in [1.807, 2.05) is 36.4 Å². The number of nitro benzene ring substituents is 1. The van der Waals surface area contributed by atoms with Crippen molar-refractivity contribution in [3.8, 4) is 22.4 Å². The average molecular weight is 326 g/mol. The standard InChI is InChI=1S/C21H14N2O2/c24-23(25)17-11-9-16(10-12-17)20-14-13-19-18(7-4-8-21(19)22-20)15-5-2-1-3-6-15/h1-14H. The van der Waals surface area contributed by atoms with Gasteiger partial charge in [-0.15, -0.1) is 0 Å². The van der Waals surface area contributed by atoms with Crippen LogP contribution < -0.4 is 0 Å². The zero-order chi connectivity index (χ0) is 17.2. The van der Waals surface area contributed by atoms with Gasteiger partial charge in [0, 0.05) is 23.1 Å². The molecule has 0 aliphatic carbocycles. The number of fused-ring (bicyclic) bond motifs is 1. The van der Waals surface area contributed by atoms with Crippen LogP contribution in [0.2, 0.25) is 0 Å². The quantitative estimate of drug-likeness (QED) is 0.370. The number of pyridine rings is 1. The van der Waals surface area contributed by atoms with Crippen LogP contribution in [0.15, 0.2) is 84.9 Å². The van der Waals surface area contributed by atoms with Crippen LogP contribution >= 0.6 is 0 Å². The number of benzene rings is 3. The minimum Gasteiger partial charge on any atom is -0.258 e. The first kappa shape index (κ1) is 15.0. The second-order valence-electron chi connectivity index (χ2n) is 5.74. The maximum atomic E-state index is 10.8. The molecule has 0 aliphatic heterocycles. The van der Waals surface area contributed by atoms with Crippen molar-refractivity contribution in [2.75, 3.05) is 0 Å². The van der Waals surface area contributed by atoms with E-state index in [0.29, 0.717) is 0 Å². The van der Waals surface area contributed by atoms with Crippen LogP contribution in [0.3, 0.4) is 0 Å². The smallest absolute Gasteiger partial charge is 0.258 e. The van der Waals surface area contributed by atoms with Gasteiger partial charge in [0.2, 0.25) is 0 Å². The molecule has 0 N–H and O–H groups in total. The topological polar surface area (TPSA) is 56.0 Å². The van der Waals surface area contributed by atoms with E-state index in [4.69, 9.17) is 4.98 Å². The van der Waals surface area contributed by atoms with Crippen molar-refractivity contribution in [3.63, 3.8) is 0 Å². The van der Waals surface area contributed by atoms with Gasteiger partial charge in [0.25, 0.3) is 5.69 Å². The predicted molar refractivity (Wildman–Crippen MR) is 99.3 cm³/mol. The molecule has 0 spiro atoms.